The van der Waals surface area contributed by atoms with Crippen molar-refractivity contribution in [3.05, 3.63) is 136 Å². The predicted octanol–water partition coefficient (Wildman–Crippen LogP) is 7.50. The van der Waals surface area contributed by atoms with Gasteiger partial charge in [-0.15, -0.1) is 0 Å². The molecule has 0 unspecified atom stereocenters. The number of carbonyl (C=O) groups excluding carboxylic acids is 1. The van der Waals surface area contributed by atoms with E-state index in [9.17, 15) is 22.8 Å². The van der Waals surface area contributed by atoms with Crippen LogP contribution in [0.5, 0.6) is 11.5 Å². The van der Waals surface area contributed by atoms with Gasteiger partial charge in [0.2, 0.25) is 0 Å². The van der Waals surface area contributed by atoms with Crippen molar-refractivity contribution in [2.24, 2.45) is 4.99 Å². The molecule has 1 aliphatic heterocycles. The van der Waals surface area contributed by atoms with E-state index < -0.39 is 35.0 Å². The predicted molar refractivity (Wildman–Crippen MR) is 181 cm³/mol. The van der Waals surface area contributed by atoms with Gasteiger partial charge in [0.05, 0.1) is 29.9 Å². The standard InChI is InChI=1S/C35H25BrClF3N2O5S/c1-3-46-33(44)28-29(20-11-13-24(37)14-12-20)42-32(43)27(48-34(42)41-31(28)35(38,39)40)16-22-15-23(36)17-26(45-2)30(22)47-18-21-9-6-8-19-7-4-5-10-25(19)21/h4-17,29H,3,18H2,1-2H3/b27-16-/t29-/m0/s1. The molecule has 2 heterocycles. The number of nitrogens with zero attached hydrogens (tertiary/aromatic N) is 2. The van der Waals surface area contributed by atoms with Gasteiger partial charge in [-0.2, -0.15) is 13.2 Å². The first-order valence-corrected chi connectivity index (χ1v) is 16.5. The second kappa shape index (κ2) is 13.6. The number of thiazole rings is 1. The maximum absolute atomic E-state index is 14.5. The van der Waals surface area contributed by atoms with Crippen LogP contribution in [-0.4, -0.2) is 30.4 Å². The molecule has 0 radical (unpaired) electrons. The van der Waals surface area contributed by atoms with Crippen molar-refractivity contribution in [3.63, 3.8) is 0 Å². The highest BCUT2D eigenvalue weighted by Gasteiger charge is 2.45. The van der Waals surface area contributed by atoms with E-state index in [1.54, 1.807) is 12.1 Å². The van der Waals surface area contributed by atoms with E-state index in [0.717, 1.165) is 32.2 Å². The summed E-state index contributed by atoms with van der Waals surface area (Å²) in [7, 11) is 1.48. The number of halogens is 5. The Kier molecular flexibility index (Phi) is 9.50. The second-order valence-corrected chi connectivity index (χ2v) is 12.9. The van der Waals surface area contributed by atoms with Gasteiger partial charge in [-0.3, -0.25) is 9.36 Å². The molecule has 13 heteroatoms. The fourth-order valence-electron chi connectivity index (χ4n) is 5.51. The van der Waals surface area contributed by atoms with Gasteiger partial charge >= 0.3 is 12.1 Å². The Bertz CT molecular complexity index is 2260. The fraction of sp³-hybridized carbons (Fsp3) is 0.171. The van der Waals surface area contributed by atoms with Crippen molar-refractivity contribution in [3.8, 4) is 11.5 Å². The van der Waals surface area contributed by atoms with Crippen LogP contribution in [0.15, 0.2) is 104 Å². The average molecular weight is 758 g/mol. The lowest BCUT2D eigenvalue weighted by Gasteiger charge is -2.26. The molecule has 0 saturated heterocycles. The summed E-state index contributed by atoms with van der Waals surface area (Å²) in [4.78, 5) is 30.8. The van der Waals surface area contributed by atoms with E-state index in [4.69, 9.17) is 25.8 Å². The molecule has 0 N–H and O–H groups in total. The smallest absolute Gasteiger partial charge is 0.434 e. The van der Waals surface area contributed by atoms with Gasteiger partial charge in [-0.1, -0.05) is 93.5 Å². The van der Waals surface area contributed by atoms with Gasteiger partial charge in [0.25, 0.3) is 5.56 Å². The second-order valence-electron chi connectivity index (χ2n) is 10.6. The Morgan fingerprint density at radius 1 is 1.08 bits per heavy atom. The minimum absolute atomic E-state index is 0.0505. The Hall–Kier alpha value is -4.39. The van der Waals surface area contributed by atoms with Gasteiger partial charge in [-0.25, -0.2) is 9.79 Å². The third kappa shape index (κ3) is 6.52. The molecule has 1 aliphatic rings. The summed E-state index contributed by atoms with van der Waals surface area (Å²) in [5, 5.41) is 2.37. The van der Waals surface area contributed by atoms with Crippen molar-refractivity contribution in [2.75, 3.05) is 13.7 Å². The molecule has 0 saturated carbocycles. The molecule has 246 valence electrons. The zero-order valence-electron chi connectivity index (χ0n) is 25.3. The number of alkyl halides is 3. The van der Waals surface area contributed by atoms with E-state index in [1.807, 2.05) is 42.5 Å². The van der Waals surface area contributed by atoms with Crippen molar-refractivity contribution in [2.45, 2.75) is 25.7 Å². The minimum Gasteiger partial charge on any atom is -0.493 e. The number of methoxy groups -OCH3 is 1. The number of benzene rings is 4. The molecule has 0 fully saturated rings. The van der Waals surface area contributed by atoms with Crippen molar-refractivity contribution in [1.29, 1.82) is 0 Å². The molecule has 0 amide bonds. The highest BCUT2D eigenvalue weighted by molar-refractivity contribution is 9.10. The number of fused-ring (bicyclic) bond motifs is 2. The fourth-order valence-corrected chi connectivity index (χ4v) is 7.08. The number of hydrogen-bond acceptors (Lipinski definition) is 7. The zero-order valence-corrected chi connectivity index (χ0v) is 28.5. The number of rotatable bonds is 8. The zero-order chi connectivity index (χ0) is 34.2. The third-order valence-electron chi connectivity index (χ3n) is 7.59. The summed E-state index contributed by atoms with van der Waals surface area (Å²) >= 11 is 10.3. The Morgan fingerprint density at radius 2 is 1.81 bits per heavy atom. The number of ether oxygens (including phenoxy) is 3. The van der Waals surface area contributed by atoms with Crippen LogP contribution >= 0.6 is 38.9 Å². The number of aromatic nitrogens is 1. The van der Waals surface area contributed by atoms with Crippen molar-refractivity contribution in [1.82, 2.24) is 4.57 Å². The van der Waals surface area contributed by atoms with Crippen LogP contribution in [0.4, 0.5) is 13.2 Å². The van der Waals surface area contributed by atoms with E-state index >= 15 is 0 Å². The Balaban J connectivity index is 1.53. The topological polar surface area (TPSA) is 79.1 Å². The molecule has 1 aromatic heterocycles. The van der Waals surface area contributed by atoms with Crippen LogP contribution < -0.4 is 24.4 Å². The normalized spacial score (nSPS) is 14.9. The molecule has 4 aromatic carbocycles. The van der Waals surface area contributed by atoms with E-state index in [2.05, 4.69) is 20.9 Å². The van der Waals surface area contributed by atoms with Gasteiger partial charge in [-0.05, 0) is 59.2 Å². The van der Waals surface area contributed by atoms with Crippen LogP contribution in [0.1, 0.15) is 29.7 Å². The lowest BCUT2D eigenvalue weighted by Crippen LogP contribution is -2.41. The van der Waals surface area contributed by atoms with Crippen LogP contribution in [0.3, 0.4) is 0 Å². The number of esters is 1. The number of carbonyl (C=O) groups is 1. The maximum Gasteiger partial charge on any atom is 0.434 e. The molecule has 0 aliphatic carbocycles. The monoisotopic (exact) mass is 756 g/mol. The first-order valence-electron chi connectivity index (χ1n) is 14.5. The van der Waals surface area contributed by atoms with E-state index in [1.165, 1.54) is 44.4 Å². The molecule has 7 nitrogen and oxygen atoms in total. The van der Waals surface area contributed by atoms with Gasteiger partial charge in [0, 0.05) is 15.1 Å². The van der Waals surface area contributed by atoms with Crippen molar-refractivity contribution >= 4 is 61.7 Å². The van der Waals surface area contributed by atoms with Gasteiger partial charge < -0.3 is 14.2 Å². The van der Waals surface area contributed by atoms with Gasteiger partial charge in [0.1, 0.15) is 6.61 Å². The maximum atomic E-state index is 14.5. The summed E-state index contributed by atoms with van der Waals surface area (Å²) in [6, 6.07) is 21.5. The largest absolute Gasteiger partial charge is 0.493 e. The third-order valence-corrected chi connectivity index (χ3v) is 9.28. The lowest BCUT2D eigenvalue weighted by atomic mass is 9.95. The molecule has 48 heavy (non-hydrogen) atoms. The van der Waals surface area contributed by atoms with Gasteiger partial charge in [0.15, 0.2) is 22.0 Å². The van der Waals surface area contributed by atoms with E-state index in [0.29, 0.717) is 26.6 Å². The highest BCUT2D eigenvalue weighted by atomic mass is 79.9. The highest BCUT2D eigenvalue weighted by Crippen LogP contribution is 2.39. The molecule has 0 spiro atoms. The Labute approximate surface area is 289 Å². The average Bonchev–Trinajstić information content (AvgIpc) is 3.37. The minimum atomic E-state index is -5.03. The summed E-state index contributed by atoms with van der Waals surface area (Å²) in [6.07, 6.45) is -3.52. The molecule has 5 aromatic rings. The SMILES string of the molecule is CCOC(=O)C1=C(C(F)(F)F)N=c2s/c(=C\c3cc(Br)cc(OC)c3OCc3cccc4ccccc34)c(=O)n2[C@H]1c1ccc(Cl)cc1. The van der Waals surface area contributed by atoms with Crippen LogP contribution in [0, 0.1) is 0 Å². The van der Waals surface area contributed by atoms with Crippen LogP contribution in [0.2, 0.25) is 5.02 Å². The molecular formula is C35H25BrClF3N2O5S. The van der Waals surface area contributed by atoms with E-state index in [-0.39, 0.29) is 28.1 Å². The number of allylic oxidation sites excluding steroid dienone is 1. The Morgan fingerprint density at radius 3 is 2.52 bits per heavy atom. The van der Waals surface area contributed by atoms with Crippen LogP contribution in [-0.2, 0) is 16.1 Å². The summed E-state index contributed by atoms with van der Waals surface area (Å²) in [6.45, 7) is 1.46. The first-order chi connectivity index (χ1) is 23.0. The summed E-state index contributed by atoms with van der Waals surface area (Å²) < 4.78 is 62.2. The first kappa shape index (κ1) is 33.5. The quantitative estimate of drug-likeness (QED) is 0.153. The summed E-state index contributed by atoms with van der Waals surface area (Å²) in [5.41, 5.74) is -1.34. The van der Waals surface area contributed by atoms with Crippen LogP contribution in [0.25, 0.3) is 16.8 Å². The van der Waals surface area contributed by atoms with Crippen molar-refractivity contribution < 1.29 is 32.2 Å². The molecular weight excluding hydrogens is 733 g/mol. The molecule has 1 atom stereocenters. The molecule has 0 bridgehead atoms. The number of hydrogen-bond donors (Lipinski definition) is 0. The summed E-state index contributed by atoms with van der Waals surface area (Å²) in [5.74, 6) is -0.549. The molecule has 6 rings (SSSR count). The lowest BCUT2D eigenvalue weighted by molar-refractivity contribution is -0.140.